The number of nitrogens with one attached hydrogen (secondary N) is 1. The third kappa shape index (κ3) is 8.19. The summed E-state index contributed by atoms with van der Waals surface area (Å²) < 4.78 is 30.3. The Labute approximate surface area is 238 Å². The van der Waals surface area contributed by atoms with Crippen molar-refractivity contribution in [3.63, 3.8) is 0 Å². The first-order chi connectivity index (χ1) is 19.3. The van der Waals surface area contributed by atoms with Crippen LogP contribution in [-0.2, 0) is 22.5 Å². The molecule has 1 aliphatic rings. The van der Waals surface area contributed by atoms with E-state index in [0.717, 1.165) is 28.2 Å². The number of urea groups is 1. The van der Waals surface area contributed by atoms with Gasteiger partial charge in [-0.25, -0.2) is 9.18 Å². The minimum Gasteiger partial charge on any atom is -0.493 e. The minimum atomic E-state index is -0.471. The Morgan fingerprint density at radius 3 is 2.58 bits per heavy atom. The van der Waals surface area contributed by atoms with E-state index >= 15 is 0 Å². The number of thiophene rings is 1. The zero-order valence-electron chi connectivity index (χ0n) is 23.2. The Morgan fingerprint density at radius 1 is 1.07 bits per heavy atom. The summed E-state index contributed by atoms with van der Waals surface area (Å²) in [6.45, 7) is 3.69. The van der Waals surface area contributed by atoms with Crippen LogP contribution in [0.1, 0.15) is 28.2 Å². The van der Waals surface area contributed by atoms with Gasteiger partial charge in [-0.15, -0.1) is 11.3 Å². The highest BCUT2D eigenvalue weighted by atomic mass is 32.1. The van der Waals surface area contributed by atoms with E-state index in [0.29, 0.717) is 43.3 Å². The first-order valence-electron chi connectivity index (χ1n) is 13.3. The minimum absolute atomic E-state index is 0.128. The second-order valence-electron chi connectivity index (χ2n) is 9.72. The fraction of sp³-hybridized carbons (Fsp3) is 0.400. The second kappa shape index (κ2) is 14.1. The van der Waals surface area contributed by atoms with Crippen molar-refractivity contribution in [2.24, 2.45) is 0 Å². The van der Waals surface area contributed by atoms with Crippen LogP contribution in [-0.4, -0.2) is 68.3 Å². The molecule has 1 aliphatic heterocycles. The number of aryl methyl sites for hydroxylation is 1. The molecule has 0 aliphatic carbocycles. The molecule has 3 aromatic rings. The Kier molecular flexibility index (Phi) is 10.4. The van der Waals surface area contributed by atoms with Crippen LogP contribution in [0.3, 0.4) is 0 Å². The van der Waals surface area contributed by atoms with Crippen LogP contribution in [0.15, 0.2) is 54.6 Å². The average molecular weight is 570 g/mol. The molecule has 40 heavy (non-hydrogen) atoms. The van der Waals surface area contributed by atoms with Crippen LogP contribution in [0.25, 0.3) is 0 Å². The lowest BCUT2D eigenvalue weighted by Gasteiger charge is -2.29. The normalized spacial score (nSPS) is 14.6. The van der Waals surface area contributed by atoms with Gasteiger partial charge in [0.2, 0.25) is 5.91 Å². The molecule has 1 saturated heterocycles. The van der Waals surface area contributed by atoms with Crippen molar-refractivity contribution in [1.82, 2.24) is 9.80 Å². The van der Waals surface area contributed by atoms with E-state index in [1.54, 1.807) is 36.5 Å². The molecule has 2 heterocycles. The molecule has 3 amide bonds. The number of methoxy groups -OCH3 is 2. The monoisotopic (exact) mass is 569 g/mol. The number of benzene rings is 2. The van der Waals surface area contributed by atoms with Crippen molar-refractivity contribution < 1.29 is 28.2 Å². The lowest BCUT2D eigenvalue weighted by Crippen LogP contribution is -2.47. The van der Waals surface area contributed by atoms with Crippen molar-refractivity contribution in [2.45, 2.75) is 38.8 Å². The Balaban J connectivity index is 1.50. The molecule has 214 valence electrons. The number of anilines is 1. The Bertz CT molecular complexity index is 1290. The summed E-state index contributed by atoms with van der Waals surface area (Å²) in [5.74, 6) is 0.636. The molecule has 1 fully saturated rings. The highest BCUT2D eigenvalue weighted by Crippen LogP contribution is 2.28. The predicted octanol–water partition coefficient (Wildman–Crippen LogP) is 5.50. The lowest BCUT2D eigenvalue weighted by molar-refractivity contribution is -0.132. The smallest absolute Gasteiger partial charge is 0.322 e. The summed E-state index contributed by atoms with van der Waals surface area (Å²) in [5, 5.41) is 2.73. The van der Waals surface area contributed by atoms with E-state index in [1.165, 1.54) is 23.1 Å². The largest absolute Gasteiger partial charge is 0.493 e. The van der Waals surface area contributed by atoms with Gasteiger partial charge in [0.25, 0.3) is 0 Å². The zero-order valence-corrected chi connectivity index (χ0v) is 24.0. The second-order valence-corrected chi connectivity index (χ2v) is 11.1. The zero-order chi connectivity index (χ0) is 28.5. The van der Waals surface area contributed by atoms with Crippen LogP contribution in [0.5, 0.6) is 11.5 Å². The van der Waals surface area contributed by atoms with Crippen LogP contribution < -0.4 is 14.8 Å². The first-order valence-corrected chi connectivity index (χ1v) is 14.1. The first kappa shape index (κ1) is 29.4. The van der Waals surface area contributed by atoms with Crippen LogP contribution in [0, 0.1) is 12.7 Å². The molecule has 0 saturated carbocycles. The highest BCUT2D eigenvalue weighted by Gasteiger charge is 2.27. The fourth-order valence-corrected chi connectivity index (χ4v) is 5.54. The lowest BCUT2D eigenvalue weighted by atomic mass is 10.1. The van der Waals surface area contributed by atoms with Crippen molar-refractivity contribution >= 4 is 29.0 Å². The van der Waals surface area contributed by atoms with Gasteiger partial charge in [0.05, 0.1) is 26.9 Å². The summed E-state index contributed by atoms with van der Waals surface area (Å²) in [7, 11) is 3.18. The molecule has 1 atom stereocenters. The number of carbonyl (C=O) groups excluding carboxylic acids is 2. The topological polar surface area (TPSA) is 80.3 Å². The molecule has 0 radical (unpaired) electrons. The maximum absolute atomic E-state index is 13.8. The maximum Gasteiger partial charge on any atom is 0.322 e. The van der Waals surface area contributed by atoms with E-state index in [-0.39, 0.29) is 25.1 Å². The van der Waals surface area contributed by atoms with Gasteiger partial charge in [0, 0.05) is 35.1 Å². The Hall–Kier alpha value is -3.63. The molecule has 2 aromatic carbocycles. The van der Waals surface area contributed by atoms with E-state index in [2.05, 4.69) is 5.32 Å². The standard InChI is InChI=1S/C30H36FN3O5S/c1-21-9-11-26(40-21)19-33(14-13-22-10-12-27(37-2)28(16-22)38-3)29(35)20-34(18-25-8-5-15-39-25)30(36)32-24-7-4-6-23(31)17-24/h4,6-7,9-12,16-17,25H,5,8,13-15,18-20H2,1-3H3,(H,32,36). The van der Waals surface area contributed by atoms with Crippen LogP contribution in [0.2, 0.25) is 0 Å². The molecule has 0 bridgehead atoms. The SMILES string of the molecule is COc1ccc(CCN(Cc2ccc(C)s2)C(=O)CN(CC2CCCO2)C(=O)Nc2cccc(F)c2)cc1OC. The molecule has 8 nitrogen and oxygen atoms in total. The summed E-state index contributed by atoms with van der Waals surface area (Å²) in [5.41, 5.74) is 1.33. The number of hydrogen-bond acceptors (Lipinski definition) is 6. The number of hydrogen-bond donors (Lipinski definition) is 1. The number of amides is 3. The number of ether oxygens (including phenoxy) is 3. The molecule has 4 rings (SSSR count). The third-order valence-electron chi connectivity index (χ3n) is 6.75. The number of nitrogens with zero attached hydrogens (tertiary/aromatic N) is 2. The predicted molar refractivity (Wildman–Crippen MR) is 154 cm³/mol. The van der Waals surface area contributed by atoms with Crippen molar-refractivity contribution in [3.05, 3.63) is 75.7 Å². The van der Waals surface area contributed by atoms with E-state index < -0.39 is 11.8 Å². The average Bonchev–Trinajstić information content (AvgIpc) is 3.61. The number of halogens is 1. The van der Waals surface area contributed by atoms with Gasteiger partial charge in [0.1, 0.15) is 12.4 Å². The summed E-state index contributed by atoms with van der Waals surface area (Å²) in [6.07, 6.45) is 2.17. The molecule has 1 unspecified atom stereocenters. The van der Waals surface area contributed by atoms with E-state index in [9.17, 15) is 14.0 Å². The molecular formula is C30H36FN3O5S. The van der Waals surface area contributed by atoms with E-state index in [4.69, 9.17) is 14.2 Å². The van der Waals surface area contributed by atoms with Crippen molar-refractivity contribution in [1.29, 1.82) is 0 Å². The van der Waals surface area contributed by atoms with E-state index in [1.807, 2.05) is 37.3 Å². The molecule has 0 spiro atoms. The van der Waals surface area contributed by atoms with Gasteiger partial charge >= 0.3 is 6.03 Å². The van der Waals surface area contributed by atoms with Gasteiger partial charge in [-0.3, -0.25) is 4.79 Å². The van der Waals surface area contributed by atoms with Crippen molar-refractivity contribution in [3.8, 4) is 11.5 Å². The van der Waals surface area contributed by atoms with Gasteiger partial charge in [-0.05, 0) is 74.2 Å². The number of carbonyl (C=O) groups is 2. The quantitative estimate of drug-likeness (QED) is 0.312. The third-order valence-corrected chi connectivity index (χ3v) is 7.74. The summed E-state index contributed by atoms with van der Waals surface area (Å²) >= 11 is 1.64. The summed E-state index contributed by atoms with van der Waals surface area (Å²) in [6, 6.07) is 15.0. The highest BCUT2D eigenvalue weighted by molar-refractivity contribution is 7.11. The molecular weight excluding hydrogens is 533 g/mol. The number of rotatable bonds is 12. The van der Waals surface area contributed by atoms with Gasteiger partial charge in [-0.1, -0.05) is 12.1 Å². The molecule has 1 aromatic heterocycles. The van der Waals surface area contributed by atoms with Gasteiger partial charge < -0.3 is 29.3 Å². The molecule has 10 heteroatoms. The van der Waals surface area contributed by atoms with Gasteiger partial charge in [-0.2, -0.15) is 0 Å². The fourth-order valence-electron chi connectivity index (χ4n) is 4.64. The Morgan fingerprint density at radius 2 is 1.90 bits per heavy atom. The molecule has 1 N–H and O–H groups in total. The van der Waals surface area contributed by atoms with Crippen molar-refractivity contribution in [2.75, 3.05) is 45.8 Å². The maximum atomic E-state index is 13.8. The van der Waals surface area contributed by atoms with Crippen LogP contribution >= 0.6 is 11.3 Å². The van der Waals surface area contributed by atoms with Gasteiger partial charge in [0.15, 0.2) is 11.5 Å². The summed E-state index contributed by atoms with van der Waals surface area (Å²) in [4.78, 5) is 32.5. The van der Waals surface area contributed by atoms with Crippen LogP contribution in [0.4, 0.5) is 14.9 Å².